The molecule has 122 valence electrons. The molecule has 0 heterocycles. The number of carbonyl (C=O) groups is 1. The Morgan fingerprint density at radius 3 is 2.52 bits per heavy atom. The highest BCUT2D eigenvalue weighted by Crippen LogP contribution is 2.18. The predicted molar refractivity (Wildman–Crippen MR) is 89.4 cm³/mol. The highest BCUT2D eigenvalue weighted by atomic mass is 16.5. The Balaban J connectivity index is 1.91. The van der Waals surface area contributed by atoms with Crippen LogP contribution < -0.4 is 14.8 Å². The number of rotatable bonds is 8. The third-order valence-electron chi connectivity index (χ3n) is 3.14. The molecule has 0 aromatic heterocycles. The first-order valence-electron chi connectivity index (χ1n) is 7.49. The summed E-state index contributed by atoms with van der Waals surface area (Å²) in [6.07, 6.45) is 0. The molecule has 0 aliphatic heterocycles. The van der Waals surface area contributed by atoms with Gasteiger partial charge in [-0.15, -0.1) is 0 Å². The summed E-state index contributed by atoms with van der Waals surface area (Å²) in [5.74, 6) is 1.22. The highest BCUT2D eigenvalue weighted by Gasteiger charge is 2.07. The molecule has 2 aromatic carbocycles. The Kier molecular flexibility index (Phi) is 6.44. The summed E-state index contributed by atoms with van der Waals surface area (Å²) < 4.78 is 15.9. The minimum Gasteiger partial charge on any atom is -0.497 e. The molecule has 0 bridgehead atoms. The summed E-state index contributed by atoms with van der Waals surface area (Å²) in [6.45, 7) is 3.65. The van der Waals surface area contributed by atoms with E-state index >= 15 is 0 Å². The van der Waals surface area contributed by atoms with Crippen LogP contribution in [0.2, 0.25) is 0 Å². The summed E-state index contributed by atoms with van der Waals surface area (Å²) in [6, 6.07) is 14.2. The maximum atomic E-state index is 12.2. The average molecular weight is 315 g/mol. The Labute approximate surface area is 136 Å². The number of benzene rings is 2. The topological polar surface area (TPSA) is 56.8 Å². The third-order valence-corrected chi connectivity index (χ3v) is 3.14. The number of nitrogens with one attached hydrogen (secondary N) is 1. The van der Waals surface area contributed by atoms with Crippen LogP contribution in [-0.4, -0.2) is 32.8 Å². The molecule has 1 amide bonds. The first-order chi connectivity index (χ1) is 11.2. The van der Waals surface area contributed by atoms with Crippen molar-refractivity contribution in [3.05, 3.63) is 54.1 Å². The molecule has 5 nitrogen and oxygen atoms in total. The standard InChI is InChI=1S/C18H21NO4/c1-3-22-11-12-23-16-9-7-14(8-10-16)18(20)19-15-5-4-6-17(13-15)21-2/h4-10,13H,3,11-12H2,1-2H3,(H,19,20). The first-order valence-corrected chi connectivity index (χ1v) is 7.49. The van der Waals surface area contributed by atoms with Gasteiger partial charge in [0.2, 0.25) is 0 Å². The SMILES string of the molecule is CCOCCOc1ccc(C(=O)Nc2cccc(OC)c2)cc1. The lowest BCUT2D eigenvalue weighted by molar-refractivity contribution is 0.102. The zero-order valence-corrected chi connectivity index (χ0v) is 13.4. The van der Waals surface area contributed by atoms with E-state index in [0.717, 1.165) is 0 Å². The van der Waals surface area contributed by atoms with Crippen molar-refractivity contribution in [3.8, 4) is 11.5 Å². The van der Waals surface area contributed by atoms with E-state index in [9.17, 15) is 4.79 Å². The van der Waals surface area contributed by atoms with E-state index < -0.39 is 0 Å². The Morgan fingerprint density at radius 1 is 1.04 bits per heavy atom. The van der Waals surface area contributed by atoms with Gasteiger partial charge in [-0.3, -0.25) is 4.79 Å². The lowest BCUT2D eigenvalue weighted by Crippen LogP contribution is -2.12. The maximum Gasteiger partial charge on any atom is 0.255 e. The molecule has 0 saturated carbocycles. The van der Waals surface area contributed by atoms with Crippen LogP contribution in [0, 0.1) is 0 Å². The molecular formula is C18H21NO4. The van der Waals surface area contributed by atoms with Gasteiger partial charge in [0, 0.05) is 23.9 Å². The zero-order chi connectivity index (χ0) is 16.5. The summed E-state index contributed by atoms with van der Waals surface area (Å²) >= 11 is 0. The summed E-state index contributed by atoms with van der Waals surface area (Å²) in [4.78, 5) is 12.2. The molecule has 0 saturated heterocycles. The molecule has 0 unspecified atom stereocenters. The Hall–Kier alpha value is -2.53. The van der Waals surface area contributed by atoms with E-state index in [1.165, 1.54) is 0 Å². The van der Waals surface area contributed by atoms with Crippen LogP contribution in [0.15, 0.2) is 48.5 Å². The minimum absolute atomic E-state index is 0.181. The fourth-order valence-electron chi connectivity index (χ4n) is 1.97. The third kappa shape index (κ3) is 5.30. The molecule has 0 spiro atoms. The van der Waals surface area contributed by atoms with Gasteiger partial charge in [0.25, 0.3) is 5.91 Å². The zero-order valence-electron chi connectivity index (χ0n) is 13.4. The number of ether oxygens (including phenoxy) is 3. The van der Waals surface area contributed by atoms with Crippen molar-refractivity contribution in [2.24, 2.45) is 0 Å². The van der Waals surface area contributed by atoms with Crippen LogP contribution in [0.5, 0.6) is 11.5 Å². The van der Waals surface area contributed by atoms with Crippen LogP contribution in [-0.2, 0) is 4.74 Å². The molecule has 0 atom stereocenters. The molecule has 23 heavy (non-hydrogen) atoms. The van der Waals surface area contributed by atoms with Gasteiger partial charge in [0.15, 0.2) is 0 Å². The number of carbonyl (C=O) groups excluding carboxylic acids is 1. The average Bonchev–Trinajstić information content (AvgIpc) is 2.59. The van der Waals surface area contributed by atoms with Crippen molar-refractivity contribution >= 4 is 11.6 Å². The fourth-order valence-corrected chi connectivity index (χ4v) is 1.97. The van der Waals surface area contributed by atoms with Gasteiger partial charge >= 0.3 is 0 Å². The van der Waals surface area contributed by atoms with E-state index in [-0.39, 0.29) is 5.91 Å². The summed E-state index contributed by atoms with van der Waals surface area (Å²) in [5, 5.41) is 2.83. The van der Waals surface area contributed by atoms with Crippen LogP contribution in [0.4, 0.5) is 5.69 Å². The fraction of sp³-hybridized carbons (Fsp3) is 0.278. The number of hydrogen-bond donors (Lipinski definition) is 1. The number of methoxy groups -OCH3 is 1. The van der Waals surface area contributed by atoms with E-state index in [4.69, 9.17) is 14.2 Å². The second kappa shape index (κ2) is 8.80. The normalized spacial score (nSPS) is 10.2. The lowest BCUT2D eigenvalue weighted by atomic mass is 10.2. The van der Waals surface area contributed by atoms with Gasteiger partial charge in [0.1, 0.15) is 18.1 Å². The van der Waals surface area contributed by atoms with Gasteiger partial charge in [-0.1, -0.05) is 6.07 Å². The largest absolute Gasteiger partial charge is 0.497 e. The van der Waals surface area contributed by atoms with Crippen molar-refractivity contribution in [1.29, 1.82) is 0 Å². The van der Waals surface area contributed by atoms with Crippen molar-refractivity contribution in [3.63, 3.8) is 0 Å². The molecule has 0 fully saturated rings. The Morgan fingerprint density at radius 2 is 1.83 bits per heavy atom. The van der Waals surface area contributed by atoms with Gasteiger partial charge < -0.3 is 19.5 Å². The second-order valence-corrected chi connectivity index (χ2v) is 4.76. The van der Waals surface area contributed by atoms with Crippen molar-refractivity contribution < 1.29 is 19.0 Å². The van der Waals surface area contributed by atoms with Crippen LogP contribution in [0.3, 0.4) is 0 Å². The van der Waals surface area contributed by atoms with E-state index in [1.54, 1.807) is 37.4 Å². The smallest absolute Gasteiger partial charge is 0.255 e. The molecule has 1 N–H and O–H groups in total. The minimum atomic E-state index is -0.181. The molecule has 0 radical (unpaired) electrons. The molecule has 2 rings (SSSR count). The molecule has 0 aliphatic rings. The summed E-state index contributed by atoms with van der Waals surface area (Å²) in [7, 11) is 1.59. The van der Waals surface area contributed by atoms with Crippen LogP contribution >= 0.6 is 0 Å². The van der Waals surface area contributed by atoms with E-state index in [0.29, 0.717) is 42.6 Å². The van der Waals surface area contributed by atoms with E-state index in [1.807, 2.05) is 25.1 Å². The quantitative estimate of drug-likeness (QED) is 0.759. The number of hydrogen-bond acceptors (Lipinski definition) is 4. The summed E-state index contributed by atoms with van der Waals surface area (Å²) in [5.41, 5.74) is 1.25. The van der Waals surface area contributed by atoms with E-state index in [2.05, 4.69) is 5.32 Å². The number of amides is 1. The highest BCUT2D eigenvalue weighted by molar-refractivity contribution is 6.04. The van der Waals surface area contributed by atoms with Crippen molar-refractivity contribution in [2.75, 3.05) is 32.2 Å². The molecule has 2 aromatic rings. The second-order valence-electron chi connectivity index (χ2n) is 4.76. The lowest BCUT2D eigenvalue weighted by Gasteiger charge is -2.09. The first kappa shape index (κ1) is 16.8. The van der Waals surface area contributed by atoms with Gasteiger partial charge in [0.05, 0.1) is 13.7 Å². The molecule has 0 aliphatic carbocycles. The predicted octanol–water partition coefficient (Wildman–Crippen LogP) is 3.36. The maximum absolute atomic E-state index is 12.2. The van der Waals surface area contributed by atoms with Crippen LogP contribution in [0.25, 0.3) is 0 Å². The monoisotopic (exact) mass is 315 g/mol. The molecular weight excluding hydrogens is 294 g/mol. The van der Waals surface area contributed by atoms with Gasteiger partial charge in [-0.2, -0.15) is 0 Å². The van der Waals surface area contributed by atoms with Crippen molar-refractivity contribution in [2.45, 2.75) is 6.92 Å². The van der Waals surface area contributed by atoms with Gasteiger partial charge in [-0.25, -0.2) is 0 Å². The van der Waals surface area contributed by atoms with Gasteiger partial charge in [-0.05, 0) is 43.3 Å². The van der Waals surface area contributed by atoms with Crippen LogP contribution in [0.1, 0.15) is 17.3 Å². The van der Waals surface area contributed by atoms with Crippen molar-refractivity contribution in [1.82, 2.24) is 0 Å². The molecule has 5 heteroatoms. The number of anilines is 1. The Bertz CT molecular complexity index is 625.